The summed E-state index contributed by atoms with van der Waals surface area (Å²) < 4.78 is 2.63. The molecule has 2 heteroatoms. The smallest absolute Gasteiger partial charge is 0.0476 e. The second-order valence-electron chi connectivity index (χ2n) is 18.1. The lowest BCUT2D eigenvalue weighted by molar-refractivity contribution is -0.0397. The van der Waals surface area contributed by atoms with E-state index in [1.165, 1.54) is 96.8 Å². The van der Waals surface area contributed by atoms with Gasteiger partial charge in [-0.05, 0) is 154 Å². The lowest BCUT2D eigenvalue weighted by atomic mass is 9.42. The van der Waals surface area contributed by atoms with Crippen molar-refractivity contribution in [3.63, 3.8) is 0 Å². The summed E-state index contributed by atoms with van der Waals surface area (Å²) in [6.45, 7) is 0. The van der Waals surface area contributed by atoms with E-state index in [1.54, 1.807) is 11.1 Å². The third-order valence-electron chi connectivity index (χ3n) is 15.1. The zero-order valence-electron chi connectivity index (χ0n) is 33.6. The van der Waals surface area contributed by atoms with Crippen molar-refractivity contribution in [1.82, 2.24) is 0 Å². The summed E-state index contributed by atoms with van der Waals surface area (Å²) in [6, 6.07) is 70.7. The van der Waals surface area contributed by atoms with E-state index in [1.807, 2.05) is 11.3 Å². The predicted octanol–water partition coefficient (Wildman–Crippen LogP) is 16.2. The minimum absolute atomic E-state index is 0.152. The average molecular weight is 788 g/mol. The van der Waals surface area contributed by atoms with E-state index < -0.39 is 0 Å². The van der Waals surface area contributed by atoms with Crippen molar-refractivity contribution in [3.05, 3.63) is 199 Å². The third kappa shape index (κ3) is 5.17. The molecule has 14 rings (SSSR count). The largest absolute Gasteiger partial charge is 0.310 e. The number of thiophene rings is 1. The van der Waals surface area contributed by atoms with Crippen LogP contribution in [-0.2, 0) is 5.41 Å². The second kappa shape index (κ2) is 13.4. The molecule has 0 unspecified atom stereocenters. The van der Waals surface area contributed by atoms with Crippen molar-refractivity contribution in [3.8, 4) is 44.5 Å². The van der Waals surface area contributed by atoms with E-state index in [4.69, 9.17) is 0 Å². The van der Waals surface area contributed by atoms with Gasteiger partial charge in [-0.1, -0.05) is 146 Å². The van der Waals surface area contributed by atoms with E-state index in [0.29, 0.717) is 0 Å². The van der Waals surface area contributed by atoms with Crippen LogP contribution in [0.15, 0.2) is 188 Å². The molecule has 9 aromatic rings. The van der Waals surface area contributed by atoms with Crippen LogP contribution in [0.25, 0.3) is 64.7 Å². The lowest BCUT2D eigenvalue weighted by Crippen LogP contribution is -2.55. The summed E-state index contributed by atoms with van der Waals surface area (Å²) in [6.07, 6.45) is 7.09. The maximum atomic E-state index is 2.50. The number of rotatable bonds is 6. The first kappa shape index (κ1) is 34.6. The van der Waals surface area contributed by atoms with Gasteiger partial charge in [0.05, 0.1) is 0 Å². The molecule has 4 bridgehead atoms. The highest BCUT2D eigenvalue weighted by molar-refractivity contribution is 7.25. The molecule has 8 aromatic carbocycles. The molecule has 4 saturated carbocycles. The van der Waals surface area contributed by atoms with Crippen LogP contribution < -0.4 is 4.90 Å². The van der Waals surface area contributed by atoms with E-state index in [-0.39, 0.29) is 5.41 Å². The average Bonchev–Trinajstić information content (AvgIpc) is 3.83. The molecule has 0 amide bonds. The van der Waals surface area contributed by atoms with Gasteiger partial charge in [0, 0.05) is 42.6 Å². The van der Waals surface area contributed by atoms with E-state index >= 15 is 0 Å². The van der Waals surface area contributed by atoms with Gasteiger partial charge in [-0.3, -0.25) is 0 Å². The Morgan fingerprint density at radius 3 is 1.60 bits per heavy atom. The minimum Gasteiger partial charge on any atom is -0.310 e. The number of hydrogen-bond acceptors (Lipinski definition) is 2. The molecule has 0 atom stereocenters. The van der Waals surface area contributed by atoms with Gasteiger partial charge in [-0.15, -0.1) is 11.3 Å². The van der Waals surface area contributed by atoms with Crippen LogP contribution in [0.2, 0.25) is 0 Å². The van der Waals surface area contributed by atoms with E-state index in [2.05, 4.69) is 193 Å². The molecule has 5 aliphatic rings. The van der Waals surface area contributed by atoms with Gasteiger partial charge in [-0.25, -0.2) is 0 Å². The van der Waals surface area contributed by atoms with Crippen LogP contribution in [0.1, 0.15) is 43.2 Å². The zero-order valence-corrected chi connectivity index (χ0v) is 34.4. The molecule has 0 saturated heterocycles. The van der Waals surface area contributed by atoms with Crippen molar-refractivity contribution < 1.29 is 0 Å². The topological polar surface area (TPSA) is 3.24 Å². The van der Waals surface area contributed by atoms with Gasteiger partial charge < -0.3 is 4.90 Å². The fourth-order valence-electron chi connectivity index (χ4n) is 12.8. The first-order valence-electron chi connectivity index (χ1n) is 22.0. The summed E-state index contributed by atoms with van der Waals surface area (Å²) in [5.41, 5.74) is 17.6. The Bertz CT molecular complexity index is 3050. The molecule has 5 aliphatic carbocycles. The Balaban J connectivity index is 0.860. The molecular weight excluding hydrogens is 743 g/mol. The molecule has 4 fully saturated rings. The first-order valence-corrected chi connectivity index (χ1v) is 22.8. The molecule has 60 heavy (non-hydrogen) atoms. The molecule has 288 valence electrons. The molecule has 1 heterocycles. The summed E-state index contributed by atoms with van der Waals surface area (Å²) in [7, 11) is 0. The lowest BCUT2D eigenvalue weighted by Gasteiger charge is -2.61. The zero-order chi connectivity index (χ0) is 39.4. The fraction of sp³-hybridized carbons (Fsp3) is 0.172. The van der Waals surface area contributed by atoms with Crippen LogP contribution in [0, 0.1) is 23.7 Å². The highest BCUT2D eigenvalue weighted by atomic mass is 32.1. The molecular formula is C58H45NS. The van der Waals surface area contributed by atoms with Crippen molar-refractivity contribution in [2.75, 3.05) is 4.90 Å². The maximum absolute atomic E-state index is 2.50. The third-order valence-corrected chi connectivity index (χ3v) is 16.2. The molecule has 0 N–H and O–H groups in total. The van der Waals surface area contributed by atoms with Crippen molar-refractivity contribution in [2.24, 2.45) is 23.7 Å². The van der Waals surface area contributed by atoms with Gasteiger partial charge >= 0.3 is 0 Å². The summed E-state index contributed by atoms with van der Waals surface area (Å²) in [4.78, 5) is 2.40. The van der Waals surface area contributed by atoms with E-state index in [9.17, 15) is 0 Å². The van der Waals surface area contributed by atoms with Crippen molar-refractivity contribution >= 4 is 48.6 Å². The summed E-state index contributed by atoms with van der Waals surface area (Å²) in [5, 5.41) is 2.64. The number of anilines is 3. The first-order chi connectivity index (χ1) is 29.7. The van der Waals surface area contributed by atoms with Gasteiger partial charge in [0.2, 0.25) is 0 Å². The molecule has 1 aromatic heterocycles. The highest BCUT2D eigenvalue weighted by Gasteiger charge is 2.62. The quantitative estimate of drug-likeness (QED) is 0.162. The molecule has 1 spiro atoms. The fourth-order valence-corrected chi connectivity index (χ4v) is 14.0. The molecule has 1 nitrogen and oxygen atoms in total. The Morgan fingerprint density at radius 2 is 0.900 bits per heavy atom. The van der Waals surface area contributed by atoms with Crippen molar-refractivity contribution in [1.29, 1.82) is 0 Å². The van der Waals surface area contributed by atoms with Crippen LogP contribution in [0.3, 0.4) is 0 Å². The Hall–Kier alpha value is -6.22. The van der Waals surface area contributed by atoms with Crippen LogP contribution >= 0.6 is 11.3 Å². The second-order valence-corrected chi connectivity index (χ2v) is 19.2. The number of nitrogens with zero attached hydrogens (tertiary/aromatic N) is 1. The van der Waals surface area contributed by atoms with Crippen molar-refractivity contribution in [2.45, 2.75) is 37.5 Å². The number of benzene rings is 8. The minimum atomic E-state index is 0.152. The SMILES string of the molecule is c1ccc(-c2ccc(N(c3ccc(-c4ccc(-c5cccc6c5C5(c7ccccc7-6)C6CC7CC(C6)CC5C7)cc4)cc3)c3ccc4c(c3)sc3ccccc34)cc2)cc1. The Labute approximate surface area is 356 Å². The van der Waals surface area contributed by atoms with E-state index in [0.717, 1.165) is 40.7 Å². The molecule has 0 radical (unpaired) electrons. The predicted molar refractivity (Wildman–Crippen MR) is 254 cm³/mol. The van der Waals surface area contributed by atoms with Gasteiger partial charge in [0.1, 0.15) is 0 Å². The van der Waals surface area contributed by atoms with Gasteiger partial charge in [-0.2, -0.15) is 0 Å². The number of fused-ring (bicyclic) bond motifs is 6. The number of hydrogen-bond donors (Lipinski definition) is 0. The Kier molecular flexibility index (Phi) is 7.73. The molecule has 0 aliphatic heterocycles. The van der Waals surface area contributed by atoms with Crippen LogP contribution in [0.4, 0.5) is 17.1 Å². The maximum Gasteiger partial charge on any atom is 0.0476 e. The normalized spacial score (nSPS) is 22.1. The van der Waals surface area contributed by atoms with Gasteiger partial charge in [0.25, 0.3) is 0 Å². The highest BCUT2D eigenvalue weighted by Crippen LogP contribution is 2.70. The van der Waals surface area contributed by atoms with Crippen LogP contribution in [0.5, 0.6) is 0 Å². The van der Waals surface area contributed by atoms with Crippen LogP contribution in [-0.4, -0.2) is 0 Å². The monoisotopic (exact) mass is 787 g/mol. The van der Waals surface area contributed by atoms with Gasteiger partial charge in [0.15, 0.2) is 0 Å². The summed E-state index contributed by atoms with van der Waals surface area (Å²) in [5.74, 6) is 3.38. The summed E-state index contributed by atoms with van der Waals surface area (Å²) >= 11 is 1.87. The standard InChI is InChI=1S/C58H45NS/c1-2-9-39(10-3-1)41-21-25-46(26-22-41)59(48-29-30-52-51-12-5-7-16-55(51)60-56(52)36-48)47-27-23-42(24-28-47)40-17-19-43(20-18-40)49-13-8-14-53-50-11-4-6-15-54(50)58(57(49)53)44-32-37-31-38(34-44)35-45(58)33-37/h1-30,36-38,44-45H,31-35H2. The Morgan fingerprint density at radius 1 is 0.383 bits per heavy atom.